The first-order valence-corrected chi connectivity index (χ1v) is 4.86. The van der Waals surface area contributed by atoms with Gasteiger partial charge in [0.15, 0.2) is 0 Å². The van der Waals surface area contributed by atoms with Gasteiger partial charge in [0.1, 0.15) is 0 Å². The van der Waals surface area contributed by atoms with Crippen LogP contribution in [0.4, 0.5) is 12.9 Å². The van der Waals surface area contributed by atoms with E-state index in [-0.39, 0.29) is 12.1 Å². The molecule has 0 saturated carbocycles. The molecular formula is C9H16BF3N-. The molecule has 0 unspecified atom stereocenters. The van der Waals surface area contributed by atoms with Gasteiger partial charge >= 0.3 is 6.98 Å². The van der Waals surface area contributed by atoms with Crippen molar-refractivity contribution in [3.8, 4) is 0 Å². The average molecular weight is 206 g/mol. The summed E-state index contributed by atoms with van der Waals surface area (Å²) in [6, 6.07) is 0. The third-order valence-electron chi connectivity index (χ3n) is 2.93. The van der Waals surface area contributed by atoms with Crippen LogP contribution in [-0.2, 0) is 0 Å². The second kappa shape index (κ2) is 3.61. The number of nitrogens with zero attached hydrogens (tertiary/aromatic N) is 1. The summed E-state index contributed by atoms with van der Waals surface area (Å²) in [5, 5.41) is 0. The normalized spacial score (nSPS) is 22.6. The fourth-order valence-corrected chi connectivity index (χ4v) is 1.81. The summed E-state index contributed by atoms with van der Waals surface area (Å²) in [5.74, 6) is 0. The maximum atomic E-state index is 12.3. The van der Waals surface area contributed by atoms with E-state index in [0.29, 0.717) is 0 Å². The first-order valence-electron chi connectivity index (χ1n) is 4.86. The highest BCUT2D eigenvalue weighted by molar-refractivity contribution is 6.66. The summed E-state index contributed by atoms with van der Waals surface area (Å²) in [6.45, 7) is 2.93. The van der Waals surface area contributed by atoms with Crippen LogP contribution in [0.3, 0.4) is 0 Å². The predicted octanol–water partition coefficient (Wildman–Crippen LogP) is 2.80. The monoisotopic (exact) mass is 206 g/mol. The van der Waals surface area contributed by atoms with Crippen LogP contribution in [-0.4, -0.2) is 30.5 Å². The van der Waals surface area contributed by atoms with Gasteiger partial charge in [-0.15, -0.1) is 12.1 Å². The molecule has 1 nitrogen and oxygen atoms in total. The molecule has 1 aliphatic rings. The number of hydrogen-bond acceptors (Lipinski definition) is 1. The summed E-state index contributed by atoms with van der Waals surface area (Å²) in [7, 11) is 0. The van der Waals surface area contributed by atoms with Gasteiger partial charge in [-0.2, -0.15) is 0 Å². The average Bonchev–Trinajstić information content (AvgIpc) is 2.29. The van der Waals surface area contributed by atoms with Crippen molar-refractivity contribution in [2.45, 2.75) is 32.2 Å². The highest BCUT2D eigenvalue weighted by Gasteiger charge is 2.35. The first-order chi connectivity index (χ1) is 6.23. The molecule has 1 fully saturated rings. The predicted molar refractivity (Wildman–Crippen MR) is 53.1 cm³/mol. The van der Waals surface area contributed by atoms with Gasteiger partial charge in [0.2, 0.25) is 0 Å². The third-order valence-corrected chi connectivity index (χ3v) is 2.93. The van der Waals surface area contributed by atoms with Crippen LogP contribution in [0.5, 0.6) is 0 Å². The van der Waals surface area contributed by atoms with Crippen LogP contribution in [0.1, 0.15) is 26.7 Å². The van der Waals surface area contributed by atoms with E-state index in [1.807, 2.05) is 18.7 Å². The molecule has 1 rings (SSSR count). The smallest absolute Gasteiger partial charge is 0.445 e. The van der Waals surface area contributed by atoms with Crippen LogP contribution in [0, 0.1) is 0 Å². The Labute approximate surface area is 83.0 Å². The number of likely N-dealkylation sites (tertiary alicyclic amines) is 1. The Kier molecular flexibility index (Phi) is 3.00. The minimum atomic E-state index is -4.87. The van der Waals surface area contributed by atoms with E-state index in [4.69, 9.17) is 0 Å². The second-order valence-corrected chi connectivity index (χ2v) is 4.57. The zero-order valence-electron chi connectivity index (χ0n) is 8.69. The summed E-state index contributed by atoms with van der Waals surface area (Å²) in [6.07, 6.45) is 1.94. The second-order valence-electron chi connectivity index (χ2n) is 4.57. The van der Waals surface area contributed by atoms with Gasteiger partial charge in [0.25, 0.3) is 0 Å². The van der Waals surface area contributed by atoms with E-state index in [2.05, 4.69) is 6.58 Å². The molecule has 0 aromatic rings. The van der Waals surface area contributed by atoms with E-state index in [1.165, 1.54) is 0 Å². The molecular weight excluding hydrogens is 190 g/mol. The van der Waals surface area contributed by atoms with Crippen molar-refractivity contribution in [3.05, 3.63) is 12.1 Å². The quantitative estimate of drug-likeness (QED) is 0.641. The van der Waals surface area contributed by atoms with Crippen LogP contribution in [0.25, 0.3) is 0 Å². The van der Waals surface area contributed by atoms with E-state index in [0.717, 1.165) is 19.4 Å². The zero-order valence-corrected chi connectivity index (χ0v) is 8.69. The van der Waals surface area contributed by atoms with Gasteiger partial charge in [0.05, 0.1) is 0 Å². The van der Waals surface area contributed by atoms with Gasteiger partial charge in [-0.25, -0.2) is 0 Å². The van der Waals surface area contributed by atoms with Crippen molar-refractivity contribution >= 4 is 6.98 Å². The van der Waals surface area contributed by atoms with Crippen molar-refractivity contribution in [1.29, 1.82) is 0 Å². The molecule has 0 spiro atoms. The fraction of sp³-hybridized carbons (Fsp3) is 0.778. The maximum Gasteiger partial charge on any atom is 0.506 e. The lowest BCUT2D eigenvalue weighted by atomic mass is 9.80. The van der Waals surface area contributed by atoms with Crippen LogP contribution in [0.2, 0.25) is 0 Å². The Bertz CT molecular complexity index is 235. The molecule has 1 aliphatic heterocycles. The Morgan fingerprint density at radius 3 is 2.36 bits per heavy atom. The Morgan fingerprint density at radius 2 is 2.00 bits per heavy atom. The Balaban J connectivity index is 2.57. The largest absolute Gasteiger partial charge is 0.506 e. The standard InChI is InChI=1S/C9H16BF3N/c1-8(10(11,12)13)7-14-6-4-5-9(14,2)3/h1,4-7H2,2-3H3/q-1. The molecule has 5 heteroatoms. The molecule has 0 radical (unpaired) electrons. The Morgan fingerprint density at radius 1 is 1.43 bits per heavy atom. The molecule has 0 N–H and O–H groups in total. The molecule has 0 bridgehead atoms. The van der Waals surface area contributed by atoms with E-state index in [9.17, 15) is 12.9 Å². The van der Waals surface area contributed by atoms with Crippen molar-refractivity contribution in [3.63, 3.8) is 0 Å². The summed E-state index contributed by atoms with van der Waals surface area (Å²) >= 11 is 0. The van der Waals surface area contributed by atoms with Crippen LogP contribution >= 0.6 is 0 Å². The maximum absolute atomic E-state index is 12.3. The van der Waals surface area contributed by atoms with Crippen molar-refractivity contribution in [2.24, 2.45) is 0 Å². The first kappa shape index (κ1) is 11.6. The highest BCUT2D eigenvalue weighted by Crippen LogP contribution is 2.30. The molecule has 1 saturated heterocycles. The lowest BCUT2D eigenvalue weighted by Gasteiger charge is -2.34. The number of halogens is 3. The summed E-state index contributed by atoms with van der Waals surface area (Å²) < 4.78 is 36.9. The molecule has 82 valence electrons. The number of rotatable bonds is 3. The van der Waals surface area contributed by atoms with Crippen molar-refractivity contribution < 1.29 is 12.9 Å². The highest BCUT2D eigenvalue weighted by atomic mass is 19.4. The Hall–Kier alpha value is -0.445. The van der Waals surface area contributed by atoms with Gasteiger partial charge in [-0.1, -0.05) is 0 Å². The van der Waals surface area contributed by atoms with Crippen LogP contribution in [0.15, 0.2) is 12.1 Å². The van der Waals surface area contributed by atoms with Crippen molar-refractivity contribution in [1.82, 2.24) is 4.90 Å². The van der Waals surface area contributed by atoms with Crippen molar-refractivity contribution in [2.75, 3.05) is 13.1 Å². The molecule has 0 atom stereocenters. The van der Waals surface area contributed by atoms with Gasteiger partial charge in [0, 0.05) is 5.54 Å². The summed E-state index contributed by atoms with van der Waals surface area (Å²) in [4.78, 5) is 1.87. The lowest BCUT2D eigenvalue weighted by Crippen LogP contribution is -2.41. The van der Waals surface area contributed by atoms with E-state index in [1.54, 1.807) is 0 Å². The lowest BCUT2D eigenvalue weighted by molar-refractivity contribution is 0.191. The van der Waals surface area contributed by atoms with E-state index >= 15 is 0 Å². The third kappa shape index (κ3) is 2.53. The number of hydrogen-bond donors (Lipinski definition) is 0. The topological polar surface area (TPSA) is 3.24 Å². The molecule has 0 amide bonds. The fourth-order valence-electron chi connectivity index (χ4n) is 1.81. The molecule has 0 aliphatic carbocycles. The SMILES string of the molecule is C=C(CN1CCCC1(C)C)[B-](F)(F)F. The van der Waals surface area contributed by atoms with Gasteiger partial charge < -0.3 is 12.9 Å². The molecule has 0 aromatic heterocycles. The van der Waals surface area contributed by atoms with Gasteiger partial charge in [-0.05, 0) is 39.8 Å². The summed E-state index contributed by atoms with van der Waals surface area (Å²) in [5.41, 5.74) is -0.690. The molecule has 1 heterocycles. The zero-order chi connectivity index (χ0) is 11.0. The minimum absolute atomic E-state index is 0.0312. The molecule has 0 aromatic carbocycles. The van der Waals surface area contributed by atoms with E-state index < -0.39 is 12.4 Å². The minimum Gasteiger partial charge on any atom is -0.445 e. The molecule has 14 heavy (non-hydrogen) atoms. The van der Waals surface area contributed by atoms with Crippen LogP contribution < -0.4 is 0 Å². The van der Waals surface area contributed by atoms with Gasteiger partial charge in [-0.3, -0.25) is 4.90 Å².